The van der Waals surface area contributed by atoms with Crippen molar-refractivity contribution in [2.24, 2.45) is 0 Å². The summed E-state index contributed by atoms with van der Waals surface area (Å²) in [5.74, 6) is -2.10. The Hall–Kier alpha value is -2.70. The van der Waals surface area contributed by atoms with Crippen LogP contribution in [0.5, 0.6) is 0 Å². The van der Waals surface area contributed by atoms with Crippen molar-refractivity contribution in [1.82, 2.24) is 4.57 Å². The van der Waals surface area contributed by atoms with E-state index in [1.807, 2.05) is 11.5 Å². The number of hydrogen-bond acceptors (Lipinski definition) is 3. The van der Waals surface area contributed by atoms with Crippen LogP contribution in [0.15, 0.2) is 29.2 Å². The van der Waals surface area contributed by atoms with Crippen molar-refractivity contribution in [3.8, 4) is 0 Å². The van der Waals surface area contributed by atoms with Gasteiger partial charge < -0.3 is 14.8 Å². The second kappa shape index (κ2) is 6.79. The van der Waals surface area contributed by atoms with Gasteiger partial charge in [0.1, 0.15) is 11.3 Å². The van der Waals surface area contributed by atoms with Gasteiger partial charge in [0.05, 0.1) is 0 Å². The Bertz CT molecular complexity index is 937. The number of aryl methyl sites for hydroxylation is 1. The fraction of sp³-hybridized carbons (Fsp3) is 0.400. The van der Waals surface area contributed by atoms with Gasteiger partial charge in [0.15, 0.2) is 17.1 Å². The third-order valence-corrected chi connectivity index (χ3v) is 5.16. The predicted octanol–water partition coefficient (Wildman–Crippen LogP) is 3.62. The first-order valence-electron chi connectivity index (χ1n) is 9.22. The molecule has 1 aliphatic heterocycles. The molecule has 1 aromatic heterocycles. The van der Waals surface area contributed by atoms with Gasteiger partial charge in [0.25, 0.3) is 5.91 Å². The van der Waals surface area contributed by atoms with Crippen molar-refractivity contribution in [2.45, 2.75) is 38.6 Å². The molecular weight excluding hydrogens is 352 g/mol. The number of nitrogens with one attached hydrogen (secondary N) is 1. The van der Waals surface area contributed by atoms with Crippen LogP contribution in [0.2, 0.25) is 0 Å². The normalized spacial score (nSPS) is 16.6. The van der Waals surface area contributed by atoms with Gasteiger partial charge in [-0.1, -0.05) is 0 Å². The minimum absolute atomic E-state index is 0.00380. The summed E-state index contributed by atoms with van der Waals surface area (Å²) < 4.78 is 30.8. The lowest BCUT2D eigenvalue weighted by molar-refractivity contribution is 0.102. The van der Waals surface area contributed by atoms with Gasteiger partial charge in [0, 0.05) is 42.8 Å². The Labute approximate surface area is 155 Å². The van der Waals surface area contributed by atoms with E-state index in [-0.39, 0.29) is 16.9 Å². The number of halogens is 2. The van der Waals surface area contributed by atoms with Gasteiger partial charge in [-0.25, -0.2) is 8.78 Å². The summed E-state index contributed by atoms with van der Waals surface area (Å²) in [6.45, 7) is 3.05. The first kappa shape index (κ1) is 17.7. The molecule has 1 amide bonds. The molecule has 1 aromatic carbocycles. The number of aromatic nitrogens is 1. The van der Waals surface area contributed by atoms with Gasteiger partial charge in [-0.3, -0.25) is 9.59 Å². The smallest absolute Gasteiger partial charge is 0.261 e. The molecule has 4 rings (SSSR count). The fourth-order valence-electron chi connectivity index (χ4n) is 3.64. The molecule has 1 saturated carbocycles. The first-order chi connectivity index (χ1) is 12.9. The monoisotopic (exact) mass is 373 g/mol. The largest absolute Gasteiger partial charge is 0.367 e. The quantitative estimate of drug-likeness (QED) is 0.891. The molecular formula is C20H21F2N3O2. The zero-order valence-electron chi connectivity index (χ0n) is 15.1. The summed E-state index contributed by atoms with van der Waals surface area (Å²) in [5.41, 5.74) is 0.299. The van der Waals surface area contributed by atoms with Crippen LogP contribution in [0.1, 0.15) is 47.8 Å². The van der Waals surface area contributed by atoms with E-state index in [0.717, 1.165) is 43.5 Å². The number of rotatable bonds is 4. The second-order valence-electron chi connectivity index (χ2n) is 7.27. The Morgan fingerprint density at radius 3 is 2.33 bits per heavy atom. The van der Waals surface area contributed by atoms with Crippen LogP contribution in [0.25, 0.3) is 0 Å². The van der Waals surface area contributed by atoms with E-state index in [1.165, 1.54) is 12.3 Å². The number of carbonyl (C=O) groups excluding carboxylic acids is 1. The number of amides is 1. The fourth-order valence-corrected chi connectivity index (χ4v) is 3.64. The Balaban J connectivity index is 1.60. The Morgan fingerprint density at radius 2 is 1.74 bits per heavy atom. The molecule has 2 heterocycles. The summed E-state index contributed by atoms with van der Waals surface area (Å²) in [6.07, 6.45) is 5.37. The highest BCUT2D eigenvalue weighted by molar-refractivity contribution is 6.04. The molecule has 1 saturated heterocycles. The van der Waals surface area contributed by atoms with Crippen LogP contribution in [-0.4, -0.2) is 23.6 Å². The van der Waals surface area contributed by atoms with Crippen LogP contribution in [-0.2, 0) is 0 Å². The van der Waals surface area contributed by atoms with Crippen LogP contribution in [0.4, 0.5) is 20.2 Å². The molecule has 27 heavy (non-hydrogen) atoms. The number of carbonyl (C=O) groups is 1. The lowest BCUT2D eigenvalue weighted by Gasteiger charge is -2.20. The third kappa shape index (κ3) is 3.46. The molecule has 7 heteroatoms. The average molecular weight is 373 g/mol. The third-order valence-electron chi connectivity index (χ3n) is 5.16. The number of anilines is 2. The predicted molar refractivity (Wildman–Crippen MR) is 99.5 cm³/mol. The van der Waals surface area contributed by atoms with Gasteiger partial charge in [0.2, 0.25) is 0 Å². The number of hydrogen-bond donors (Lipinski definition) is 1. The van der Waals surface area contributed by atoms with Gasteiger partial charge in [-0.2, -0.15) is 0 Å². The van der Waals surface area contributed by atoms with Gasteiger partial charge >= 0.3 is 0 Å². The molecule has 1 N–H and O–H groups in total. The van der Waals surface area contributed by atoms with Crippen molar-refractivity contribution in [3.05, 3.63) is 57.5 Å². The van der Waals surface area contributed by atoms with E-state index in [0.29, 0.717) is 19.1 Å². The SMILES string of the molecule is Cc1cc(=O)c(C(=O)Nc2cc(F)c(N3CCCC3)c(F)c2)cn1C1CC1. The van der Waals surface area contributed by atoms with Gasteiger partial charge in [-0.05, 0) is 44.7 Å². The standard InChI is InChI=1S/C20H21F2N3O2/c1-12-8-18(26)15(11-25(12)14-4-5-14)20(27)23-13-9-16(21)19(17(22)10-13)24-6-2-3-7-24/h8-11,14H,2-7H2,1H3,(H,23,27). The summed E-state index contributed by atoms with van der Waals surface area (Å²) in [6, 6.07) is 3.93. The molecule has 2 aliphatic rings. The molecule has 2 fully saturated rings. The van der Waals surface area contributed by atoms with E-state index in [1.54, 1.807) is 4.90 Å². The summed E-state index contributed by atoms with van der Waals surface area (Å²) in [4.78, 5) is 26.4. The molecule has 0 atom stereocenters. The van der Waals surface area contributed by atoms with Crippen molar-refractivity contribution < 1.29 is 13.6 Å². The second-order valence-corrected chi connectivity index (χ2v) is 7.27. The molecule has 2 aromatic rings. The molecule has 0 bridgehead atoms. The molecule has 142 valence electrons. The highest BCUT2D eigenvalue weighted by Crippen LogP contribution is 2.35. The van der Waals surface area contributed by atoms with E-state index in [4.69, 9.17) is 0 Å². The highest BCUT2D eigenvalue weighted by atomic mass is 19.1. The molecule has 0 unspecified atom stereocenters. The van der Waals surface area contributed by atoms with E-state index in [9.17, 15) is 18.4 Å². The van der Waals surface area contributed by atoms with Crippen molar-refractivity contribution >= 4 is 17.3 Å². The van der Waals surface area contributed by atoms with Crippen LogP contribution < -0.4 is 15.6 Å². The molecule has 0 spiro atoms. The number of nitrogens with zero attached hydrogens (tertiary/aromatic N) is 2. The number of pyridine rings is 1. The van der Waals surface area contributed by atoms with Crippen LogP contribution >= 0.6 is 0 Å². The lowest BCUT2D eigenvalue weighted by atomic mass is 10.2. The first-order valence-corrected chi connectivity index (χ1v) is 9.22. The van der Waals surface area contributed by atoms with E-state index >= 15 is 0 Å². The van der Waals surface area contributed by atoms with E-state index in [2.05, 4.69) is 5.32 Å². The van der Waals surface area contributed by atoms with Crippen LogP contribution in [0, 0.1) is 18.6 Å². The summed E-state index contributed by atoms with van der Waals surface area (Å²) >= 11 is 0. The average Bonchev–Trinajstić information content (AvgIpc) is 3.29. The zero-order chi connectivity index (χ0) is 19.1. The topological polar surface area (TPSA) is 54.3 Å². The maximum absolute atomic E-state index is 14.4. The maximum atomic E-state index is 14.4. The zero-order valence-corrected chi connectivity index (χ0v) is 15.1. The van der Waals surface area contributed by atoms with Crippen LogP contribution in [0.3, 0.4) is 0 Å². The summed E-state index contributed by atoms with van der Waals surface area (Å²) in [7, 11) is 0. The molecule has 1 aliphatic carbocycles. The Kier molecular flexibility index (Phi) is 4.45. The van der Waals surface area contributed by atoms with Crippen molar-refractivity contribution in [2.75, 3.05) is 23.3 Å². The lowest BCUT2D eigenvalue weighted by Crippen LogP contribution is -2.24. The van der Waals surface area contributed by atoms with E-state index < -0.39 is 23.0 Å². The summed E-state index contributed by atoms with van der Waals surface area (Å²) in [5, 5.41) is 2.45. The highest BCUT2D eigenvalue weighted by Gasteiger charge is 2.26. The van der Waals surface area contributed by atoms with Crippen molar-refractivity contribution in [1.29, 1.82) is 0 Å². The number of benzene rings is 1. The van der Waals surface area contributed by atoms with Gasteiger partial charge in [-0.15, -0.1) is 0 Å². The minimum atomic E-state index is -0.716. The van der Waals surface area contributed by atoms with Crippen molar-refractivity contribution in [3.63, 3.8) is 0 Å². The Morgan fingerprint density at radius 1 is 1.11 bits per heavy atom. The molecule has 0 radical (unpaired) electrons. The maximum Gasteiger partial charge on any atom is 0.261 e. The minimum Gasteiger partial charge on any atom is -0.367 e. The molecule has 5 nitrogen and oxygen atoms in total.